The van der Waals surface area contributed by atoms with Crippen LogP contribution in [0.5, 0.6) is 0 Å². The molecule has 0 unspecified atom stereocenters. The molecule has 0 aliphatic carbocycles. The van der Waals surface area contributed by atoms with Crippen molar-refractivity contribution in [1.29, 1.82) is 5.26 Å². The van der Waals surface area contributed by atoms with Crippen LogP contribution in [0.4, 0.5) is 5.69 Å². The lowest BCUT2D eigenvalue weighted by atomic mass is 9.86. The standard InChI is InChI=1S/C13H16N2O/c1-9-7-10(13(2,3)4)5-6-11(9)15-12(16)8-14/h5-7H,1-4H3,(H,15,16). The Labute approximate surface area is 96.1 Å². The van der Waals surface area contributed by atoms with E-state index in [1.165, 1.54) is 11.6 Å². The van der Waals surface area contributed by atoms with Gasteiger partial charge in [0.05, 0.1) is 0 Å². The van der Waals surface area contributed by atoms with E-state index in [0.29, 0.717) is 5.69 Å². The summed E-state index contributed by atoms with van der Waals surface area (Å²) in [5.74, 6) is -0.633. The number of nitriles is 1. The van der Waals surface area contributed by atoms with Crippen molar-refractivity contribution in [3.63, 3.8) is 0 Å². The molecule has 0 aliphatic heterocycles. The van der Waals surface area contributed by atoms with E-state index in [2.05, 4.69) is 26.1 Å². The molecule has 0 radical (unpaired) electrons. The highest BCUT2D eigenvalue weighted by atomic mass is 16.1. The van der Waals surface area contributed by atoms with E-state index in [0.717, 1.165) is 5.56 Å². The van der Waals surface area contributed by atoms with Gasteiger partial charge in [0.1, 0.15) is 0 Å². The fourth-order valence-electron chi connectivity index (χ4n) is 1.42. The van der Waals surface area contributed by atoms with Gasteiger partial charge in [0.25, 0.3) is 0 Å². The van der Waals surface area contributed by atoms with Gasteiger partial charge >= 0.3 is 5.91 Å². The molecule has 0 fully saturated rings. The van der Waals surface area contributed by atoms with Crippen LogP contribution in [0.2, 0.25) is 0 Å². The monoisotopic (exact) mass is 216 g/mol. The second-order valence-electron chi connectivity index (χ2n) is 4.85. The van der Waals surface area contributed by atoms with Crippen molar-refractivity contribution in [2.45, 2.75) is 33.1 Å². The molecule has 1 aromatic rings. The van der Waals surface area contributed by atoms with Crippen molar-refractivity contribution in [3.8, 4) is 6.07 Å². The zero-order valence-electron chi connectivity index (χ0n) is 10.1. The van der Waals surface area contributed by atoms with Crippen LogP contribution < -0.4 is 5.32 Å². The average molecular weight is 216 g/mol. The summed E-state index contributed by atoms with van der Waals surface area (Å²) in [6, 6.07) is 7.38. The molecule has 3 heteroatoms. The third-order valence-corrected chi connectivity index (χ3v) is 2.44. The topological polar surface area (TPSA) is 52.9 Å². The molecular formula is C13H16N2O. The van der Waals surface area contributed by atoms with Gasteiger partial charge in [-0.3, -0.25) is 4.79 Å². The van der Waals surface area contributed by atoms with Crippen LogP contribution in [-0.2, 0) is 10.2 Å². The zero-order chi connectivity index (χ0) is 12.3. The molecule has 84 valence electrons. The minimum atomic E-state index is -0.633. The molecule has 1 aromatic carbocycles. The van der Waals surface area contributed by atoms with E-state index < -0.39 is 5.91 Å². The third-order valence-electron chi connectivity index (χ3n) is 2.44. The summed E-state index contributed by atoms with van der Waals surface area (Å²) in [6.45, 7) is 8.32. The fraction of sp³-hybridized carbons (Fsp3) is 0.385. The summed E-state index contributed by atoms with van der Waals surface area (Å²) < 4.78 is 0. The highest BCUT2D eigenvalue weighted by Gasteiger charge is 2.14. The summed E-state index contributed by atoms with van der Waals surface area (Å²) in [7, 11) is 0. The molecule has 0 bridgehead atoms. The van der Waals surface area contributed by atoms with Gasteiger partial charge in [-0.2, -0.15) is 5.26 Å². The van der Waals surface area contributed by atoms with Gasteiger partial charge in [0.2, 0.25) is 0 Å². The molecule has 16 heavy (non-hydrogen) atoms. The maximum atomic E-state index is 10.9. The number of hydrogen-bond donors (Lipinski definition) is 1. The van der Waals surface area contributed by atoms with Gasteiger partial charge in [0.15, 0.2) is 6.07 Å². The second-order valence-corrected chi connectivity index (χ2v) is 4.85. The fourth-order valence-corrected chi connectivity index (χ4v) is 1.42. The van der Waals surface area contributed by atoms with Crippen molar-refractivity contribution in [2.24, 2.45) is 0 Å². The lowest BCUT2D eigenvalue weighted by molar-refractivity contribution is -0.111. The highest BCUT2D eigenvalue weighted by molar-refractivity contribution is 6.02. The Bertz CT molecular complexity index is 450. The molecule has 0 heterocycles. The van der Waals surface area contributed by atoms with Gasteiger partial charge in [-0.05, 0) is 29.5 Å². The lowest BCUT2D eigenvalue weighted by Gasteiger charge is -2.20. The highest BCUT2D eigenvalue weighted by Crippen LogP contribution is 2.26. The van der Waals surface area contributed by atoms with Gasteiger partial charge in [-0.25, -0.2) is 0 Å². The summed E-state index contributed by atoms with van der Waals surface area (Å²) in [5, 5.41) is 10.9. The van der Waals surface area contributed by atoms with Gasteiger partial charge in [0, 0.05) is 5.69 Å². The Kier molecular flexibility index (Phi) is 3.34. The Morgan fingerprint density at radius 3 is 2.44 bits per heavy atom. The van der Waals surface area contributed by atoms with Crippen LogP contribution in [0.15, 0.2) is 18.2 Å². The third kappa shape index (κ3) is 2.83. The predicted octanol–water partition coefficient (Wildman–Crippen LogP) is 2.75. The Morgan fingerprint density at radius 2 is 2.00 bits per heavy atom. The smallest absolute Gasteiger partial charge is 0.313 e. The number of carbonyl (C=O) groups excluding carboxylic acids is 1. The van der Waals surface area contributed by atoms with Crippen LogP contribution in [0, 0.1) is 18.3 Å². The first-order chi connectivity index (χ1) is 7.34. The first-order valence-corrected chi connectivity index (χ1v) is 5.17. The van der Waals surface area contributed by atoms with E-state index in [1.54, 1.807) is 0 Å². The number of hydrogen-bond acceptors (Lipinski definition) is 2. The molecule has 0 aliphatic rings. The van der Waals surface area contributed by atoms with Crippen molar-refractivity contribution in [1.82, 2.24) is 0 Å². The van der Waals surface area contributed by atoms with Gasteiger partial charge < -0.3 is 5.32 Å². The number of aryl methyl sites for hydroxylation is 1. The van der Waals surface area contributed by atoms with Crippen LogP contribution >= 0.6 is 0 Å². The van der Waals surface area contributed by atoms with E-state index >= 15 is 0 Å². The summed E-state index contributed by atoms with van der Waals surface area (Å²) in [4.78, 5) is 10.9. The van der Waals surface area contributed by atoms with Crippen molar-refractivity contribution < 1.29 is 4.79 Å². The van der Waals surface area contributed by atoms with E-state index in [-0.39, 0.29) is 5.41 Å². The molecule has 1 N–H and O–H groups in total. The van der Waals surface area contributed by atoms with Crippen molar-refractivity contribution in [2.75, 3.05) is 5.32 Å². The van der Waals surface area contributed by atoms with Gasteiger partial charge in [-0.15, -0.1) is 0 Å². The van der Waals surface area contributed by atoms with Crippen molar-refractivity contribution >= 4 is 11.6 Å². The first kappa shape index (κ1) is 12.3. The zero-order valence-corrected chi connectivity index (χ0v) is 10.1. The maximum absolute atomic E-state index is 10.9. The maximum Gasteiger partial charge on any atom is 0.326 e. The Balaban J connectivity index is 3.02. The van der Waals surface area contributed by atoms with Crippen LogP contribution in [0.3, 0.4) is 0 Å². The van der Waals surface area contributed by atoms with E-state index in [4.69, 9.17) is 5.26 Å². The number of rotatable bonds is 1. The molecule has 1 amide bonds. The lowest BCUT2D eigenvalue weighted by Crippen LogP contribution is -2.13. The number of nitrogens with one attached hydrogen (secondary N) is 1. The normalized spacial score (nSPS) is 10.7. The summed E-state index contributed by atoms with van der Waals surface area (Å²) >= 11 is 0. The summed E-state index contributed by atoms with van der Waals surface area (Å²) in [6.07, 6.45) is 0. The quantitative estimate of drug-likeness (QED) is 0.734. The molecule has 0 saturated carbocycles. The molecule has 3 nitrogen and oxygen atoms in total. The van der Waals surface area contributed by atoms with E-state index in [1.807, 2.05) is 25.1 Å². The number of nitrogens with zero attached hydrogens (tertiary/aromatic N) is 1. The average Bonchev–Trinajstić information content (AvgIpc) is 2.19. The van der Waals surface area contributed by atoms with Crippen LogP contribution in [0.1, 0.15) is 31.9 Å². The number of benzene rings is 1. The SMILES string of the molecule is Cc1cc(C(C)(C)C)ccc1NC(=O)C#N. The van der Waals surface area contributed by atoms with E-state index in [9.17, 15) is 4.79 Å². The molecule has 1 rings (SSSR count). The van der Waals surface area contributed by atoms with Crippen LogP contribution in [0.25, 0.3) is 0 Å². The van der Waals surface area contributed by atoms with Gasteiger partial charge in [-0.1, -0.05) is 32.9 Å². The molecule has 0 aromatic heterocycles. The number of amides is 1. The number of anilines is 1. The minimum Gasteiger partial charge on any atom is -0.313 e. The largest absolute Gasteiger partial charge is 0.326 e. The Morgan fingerprint density at radius 1 is 1.38 bits per heavy atom. The predicted molar refractivity (Wildman–Crippen MR) is 64.1 cm³/mol. The molecular weight excluding hydrogens is 200 g/mol. The molecule has 0 atom stereocenters. The minimum absolute atomic E-state index is 0.0858. The van der Waals surface area contributed by atoms with Crippen molar-refractivity contribution in [3.05, 3.63) is 29.3 Å². The summed E-state index contributed by atoms with van der Waals surface area (Å²) in [5.41, 5.74) is 2.96. The molecule has 0 saturated heterocycles. The first-order valence-electron chi connectivity index (χ1n) is 5.17. The number of carbonyl (C=O) groups is 1. The van der Waals surface area contributed by atoms with Crippen LogP contribution in [-0.4, -0.2) is 5.91 Å². The Hall–Kier alpha value is -1.82. The second kappa shape index (κ2) is 4.36. The molecule has 0 spiro atoms.